The lowest BCUT2D eigenvalue weighted by molar-refractivity contribution is -0.00894. The first-order valence-corrected chi connectivity index (χ1v) is 7.59. The molecular formula is C15H15Cl3N2O. The van der Waals surface area contributed by atoms with Gasteiger partial charge >= 0.3 is 0 Å². The SMILES string of the molecule is CCC(C)(OC)c1nc(Cl)c(-c2ccc(Cl)cc2)c(Cl)n1. The average molecular weight is 346 g/mol. The van der Waals surface area contributed by atoms with Gasteiger partial charge in [-0.2, -0.15) is 0 Å². The van der Waals surface area contributed by atoms with E-state index < -0.39 is 5.60 Å². The number of ether oxygens (including phenoxy) is 1. The second-order valence-corrected chi connectivity index (χ2v) is 5.95. The molecule has 0 aliphatic carbocycles. The van der Waals surface area contributed by atoms with Crippen molar-refractivity contribution in [1.29, 1.82) is 0 Å². The molecule has 0 amide bonds. The predicted molar refractivity (Wildman–Crippen MR) is 87.2 cm³/mol. The molecule has 0 spiro atoms. The van der Waals surface area contributed by atoms with E-state index >= 15 is 0 Å². The molecule has 2 aromatic rings. The number of halogens is 3. The van der Waals surface area contributed by atoms with Crippen LogP contribution in [0.15, 0.2) is 24.3 Å². The Morgan fingerprint density at radius 1 is 1.05 bits per heavy atom. The summed E-state index contributed by atoms with van der Waals surface area (Å²) in [5.41, 5.74) is 0.788. The number of rotatable bonds is 4. The molecule has 0 saturated heterocycles. The number of hydrogen-bond donors (Lipinski definition) is 0. The summed E-state index contributed by atoms with van der Waals surface area (Å²) in [5.74, 6) is 0.472. The van der Waals surface area contributed by atoms with Gasteiger partial charge in [-0.15, -0.1) is 0 Å². The van der Waals surface area contributed by atoms with Gasteiger partial charge in [-0.1, -0.05) is 53.9 Å². The third-order valence-electron chi connectivity index (χ3n) is 3.55. The van der Waals surface area contributed by atoms with Gasteiger partial charge in [0.15, 0.2) is 5.82 Å². The molecule has 0 bridgehead atoms. The highest BCUT2D eigenvalue weighted by Crippen LogP contribution is 2.36. The van der Waals surface area contributed by atoms with Crippen molar-refractivity contribution in [2.45, 2.75) is 25.9 Å². The van der Waals surface area contributed by atoms with Crippen LogP contribution in [0.4, 0.5) is 0 Å². The van der Waals surface area contributed by atoms with Crippen LogP contribution in [-0.2, 0) is 10.3 Å². The van der Waals surface area contributed by atoms with E-state index in [0.29, 0.717) is 33.1 Å². The normalized spacial score (nSPS) is 14.0. The molecule has 1 heterocycles. The van der Waals surface area contributed by atoms with Gasteiger partial charge in [-0.05, 0) is 31.0 Å². The highest BCUT2D eigenvalue weighted by atomic mass is 35.5. The molecule has 0 aliphatic rings. The van der Waals surface area contributed by atoms with Crippen molar-refractivity contribution >= 4 is 34.8 Å². The molecule has 1 atom stereocenters. The zero-order valence-electron chi connectivity index (χ0n) is 12.0. The molecule has 6 heteroatoms. The van der Waals surface area contributed by atoms with Crippen molar-refractivity contribution in [2.24, 2.45) is 0 Å². The van der Waals surface area contributed by atoms with E-state index in [2.05, 4.69) is 9.97 Å². The smallest absolute Gasteiger partial charge is 0.163 e. The van der Waals surface area contributed by atoms with E-state index in [-0.39, 0.29) is 0 Å². The number of aromatic nitrogens is 2. The Balaban J connectivity index is 2.54. The van der Waals surface area contributed by atoms with E-state index in [1.54, 1.807) is 19.2 Å². The van der Waals surface area contributed by atoms with Crippen LogP contribution in [0, 0.1) is 0 Å². The number of methoxy groups -OCH3 is 1. The Morgan fingerprint density at radius 2 is 1.57 bits per heavy atom. The fourth-order valence-electron chi connectivity index (χ4n) is 1.89. The topological polar surface area (TPSA) is 35.0 Å². The lowest BCUT2D eigenvalue weighted by atomic mass is 10.0. The highest BCUT2D eigenvalue weighted by Gasteiger charge is 2.29. The van der Waals surface area contributed by atoms with Crippen molar-refractivity contribution in [3.63, 3.8) is 0 Å². The second-order valence-electron chi connectivity index (χ2n) is 4.80. The molecule has 112 valence electrons. The van der Waals surface area contributed by atoms with Crippen LogP contribution in [0.2, 0.25) is 15.3 Å². The first-order valence-electron chi connectivity index (χ1n) is 6.46. The number of nitrogens with zero attached hydrogens (tertiary/aromatic N) is 2. The fourth-order valence-corrected chi connectivity index (χ4v) is 2.62. The van der Waals surface area contributed by atoms with Crippen LogP contribution in [0.5, 0.6) is 0 Å². The lowest BCUT2D eigenvalue weighted by Crippen LogP contribution is -2.26. The minimum Gasteiger partial charge on any atom is -0.371 e. The Morgan fingerprint density at radius 3 is 2.00 bits per heavy atom. The van der Waals surface area contributed by atoms with E-state index in [9.17, 15) is 0 Å². The van der Waals surface area contributed by atoms with Crippen LogP contribution in [-0.4, -0.2) is 17.1 Å². The maximum Gasteiger partial charge on any atom is 0.163 e. The molecule has 1 unspecified atom stereocenters. The summed E-state index contributed by atoms with van der Waals surface area (Å²) >= 11 is 18.5. The summed E-state index contributed by atoms with van der Waals surface area (Å²) in [4.78, 5) is 8.72. The molecule has 1 aromatic heterocycles. The van der Waals surface area contributed by atoms with Crippen molar-refractivity contribution in [1.82, 2.24) is 9.97 Å². The molecule has 0 fully saturated rings. The van der Waals surface area contributed by atoms with Gasteiger partial charge in [0.25, 0.3) is 0 Å². The molecule has 1 aromatic carbocycles. The second kappa shape index (κ2) is 6.49. The minimum absolute atomic E-state index is 0.295. The van der Waals surface area contributed by atoms with Gasteiger partial charge in [0.05, 0.1) is 5.56 Å². The van der Waals surface area contributed by atoms with Crippen molar-refractivity contribution in [2.75, 3.05) is 7.11 Å². The van der Waals surface area contributed by atoms with Crippen molar-refractivity contribution < 1.29 is 4.74 Å². The monoisotopic (exact) mass is 344 g/mol. The van der Waals surface area contributed by atoms with Gasteiger partial charge in [0.2, 0.25) is 0 Å². The molecule has 0 radical (unpaired) electrons. The largest absolute Gasteiger partial charge is 0.371 e. The third-order valence-corrected chi connectivity index (χ3v) is 4.35. The summed E-state index contributed by atoms with van der Waals surface area (Å²) < 4.78 is 5.48. The van der Waals surface area contributed by atoms with E-state index in [4.69, 9.17) is 39.5 Å². The fraction of sp³-hybridized carbons (Fsp3) is 0.333. The average Bonchev–Trinajstić information content (AvgIpc) is 2.47. The third kappa shape index (κ3) is 3.32. The molecule has 0 N–H and O–H groups in total. The van der Waals surface area contributed by atoms with Gasteiger partial charge < -0.3 is 4.74 Å². The summed E-state index contributed by atoms with van der Waals surface area (Å²) in [6.45, 7) is 3.89. The maximum atomic E-state index is 6.30. The summed E-state index contributed by atoms with van der Waals surface area (Å²) in [5, 5.41) is 1.23. The highest BCUT2D eigenvalue weighted by molar-refractivity contribution is 6.37. The summed E-state index contributed by atoms with van der Waals surface area (Å²) in [6, 6.07) is 7.19. The van der Waals surface area contributed by atoms with Crippen LogP contribution < -0.4 is 0 Å². The molecule has 2 rings (SSSR count). The van der Waals surface area contributed by atoms with Crippen LogP contribution in [0.1, 0.15) is 26.1 Å². The summed E-state index contributed by atoms with van der Waals surface area (Å²) in [6.07, 6.45) is 0.705. The standard InChI is InChI=1S/C15H15Cl3N2O/c1-4-15(2,21-3)14-19-12(17)11(13(18)20-14)9-5-7-10(16)8-6-9/h5-8H,4H2,1-3H3. The van der Waals surface area contributed by atoms with Gasteiger partial charge in [0, 0.05) is 12.1 Å². The Labute approximate surface area is 139 Å². The zero-order valence-corrected chi connectivity index (χ0v) is 14.2. The molecule has 21 heavy (non-hydrogen) atoms. The zero-order chi connectivity index (χ0) is 15.6. The quantitative estimate of drug-likeness (QED) is 0.698. The molecule has 3 nitrogen and oxygen atoms in total. The number of benzene rings is 1. The van der Waals surface area contributed by atoms with Crippen LogP contribution >= 0.6 is 34.8 Å². The molecule has 0 saturated carbocycles. The molecule has 0 aliphatic heterocycles. The Kier molecular flexibility index (Phi) is 5.10. The first-order chi connectivity index (χ1) is 9.91. The van der Waals surface area contributed by atoms with Crippen molar-refractivity contribution in [3.8, 4) is 11.1 Å². The van der Waals surface area contributed by atoms with Gasteiger partial charge in [-0.3, -0.25) is 0 Å². The van der Waals surface area contributed by atoms with Gasteiger partial charge in [-0.25, -0.2) is 9.97 Å². The molecular weight excluding hydrogens is 331 g/mol. The predicted octanol–water partition coefficient (Wildman–Crippen LogP) is 5.38. The van der Waals surface area contributed by atoms with E-state index in [1.807, 2.05) is 26.0 Å². The van der Waals surface area contributed by atoms with Crippen LogP contribution in [0.25, 0.3) is 11.1 Å². The lowest BCUT2D eigenvalue weighted by Gasteiger charge is -2.25. The van der Waals surface area contributed by atoms with Crippen molar-refractivity contribution in [3.05, 3.63) is 45.4 Å². The Hall–Kier alpha value is -0.870. The summed E-state index contributed by atoms with van der Waals surface area (Å²) in [7, 11) is 1.61. The minimum atomic E-state index is -0.619. The maximum absolute atomic E-state index is 6.30. The first kappa shape index (κ1) is 16.5. The Bertz CT molecular complexity index is 617. The van der Waals surface area contributed by atoms with E-state index in [1.165, 1.54) is 0 Å². The van der Waals surface area contributed by atoms with E-state index in [0.717, 1.165) is 5.56 Å². The number of hydrogen-bond acceptors (Lipinski definition) is 3. The van der Waals surface area contributed by atoms with Gasteiger partial charge in [0.1, 0.15) is 15.9 Å². The van der Waals surface area contributed by atoms with Crippen LogP contribution in [0.3, 0.4) is 0 Å².